The predicted octanol–water partition coefficient (Wildman–Crippen LogP) is -0.832. The third-order valence-electron chi connectivity index (χ3n) is 1.17. The second kappa shape index (κ2) is 4.00. The van der Waals surface area contributed by atoms with Gasteiger partial charge in [-0.15, -0.1) is 0 Å². The zero-order valence-corrected chi connectivity index (χ0v) is 5.96. The Morgan fingerprint density at radius 2 is 2.00 bits per heavy atom. The summed E-state index contributed by atoms with van der Waals surface area (Å²) < 4.78 is 0. The summed E-state index contributed by atoms with van der Waals surface area (Å²) >= 11 is 0. The zero-order valence-electron chi connectivity index (χ0n) is 5.96. The largest absolute Gasteiger partial charge is 0.368 e. The SMILES string of the molecule is CC(=O)CCC(N)C(N)=O. The Bertz CT molecular complexity index is 145. The van der Waals surface area contributed by atoms with Gasteiger partial charge in [0.2, 0.25) is 5.91 Å². The first kappa shape index (κ1) is 9.10. The van der Waals surface area contributed by atoms with Crippen molar-refractivity contribution in [2.24, 2.45) is 11.5 Å². The van der Waals surface area contributed by atoms with Crippen molar-refractivity contribution >= 4 is 11.7 Å². The van der Waals surface area contributed by atoms with Crippen LogP contribution in [0.2, 0.25) is 0 Å². The van der Waals surface area contributed by atoms with Crippen molar-refractivity contribution in [3.8, 4) is 0 Å². The summed E-state index contributed by atoms with van der Waals surface area (Å²) in [5, 5.41) is 0. The normalized spacial score (nSPS) is 12.6. The highest BCUT2D eigenvalue weighted by atomic mass is 16.1. The van der Waals surface area contributed by atoms with E-state index < -0.39 is 11.9 Å². The van der Waals surface area contributed by atoms with E-state index in [1.165, 1.54) is 6.92 Å². The van der Waals surface area contributed by atoms with Gasteiger partial charge in [0.15, 0.2) is 0 Å². The second-order valence-corrected chi connectivity index (χ2v) is 2.25. The van der Waals surface area contributed by atoms with E-state index in [0.29, 0.717) is 12.8 Å². The highest BCUT2D eigenvalue weighted by Gasteiger charge is 2.08. The van der Waals surface area contributed by atoms with Crippen LogP contribution in [0.25, 0.3) is 0 Å². The number of nitrogens with two attached hydrogens (primary N) is 2. The number of carbonyl (C=O) groups is 2. The number of rotatable bonds is 4. The zero-order chi connectivity index (χ0) is 8.15. The number of ketones is 1. The van der Waals surface area contributed by atoms with Gasteiger partial charge in [-0.05, 0) is 13.3 Å². The Hall–Kier alpha value is -0.900. The molecule has 0 spiro atoms. The van der Waals surface area contributed by atoms with E-state index in [1.54, 1.807) is 0 Å². The van der Waals surface area contributed by atoms with Gasteiger partial charge in [-0.3, -0.25) is 4.79 Å². The molecule has 58 valence electrons. The van der Waals surface area contributed by atoms with Crippen LogP contribution in [0.1, 0.15) is 19.8 Å². The van der Waals surface area contributed by atoms with Crippen molar-refractivity contribution < 1.29 is 9.59 Å². The van der Waals surface area contributed by atoms with Gasteiger partial charge < -0.3 is 16.3 Å². The summed E-state index contributed by atoms with van der Waals surface area (Å²) in [5.74, 6) is -0.530. The first-order valence-corrected chi connectivity index (χ1v) is 3.08. The van der Waals surface area contributed by atoms with Crippen LogP contribution >= 0.6 is 0 Å². The number of hydrogen-bond donors (Lipinski definition) is 2. The van der Waals surface area contributed by atoms with E-state index in [0.717, 1.165) is 0 Å². The molecule has 0 aromatic carbocycles. The summed E-state index contributed by atoms with van der Waals surface area (Å²) in [6.45, 7) is 1.45. The minimum atomic E-state index is -0.677. The number of carbonyl (C=O) groups excluding carboxylic acids is 2. The summed E-state index contributed by atoms with van der Waals surface area (Å²) in [4.78, 5) is 20.7. The fraction of sp³-hybridized carbons (Fsp3) is 0.667. The van der Waals surface area contributed by atoms with E-state index in [-0.39, 0.29) is 5.78 Å². The highest BCUT2D eigenvalue weighted by Crippen LogP contribution is 1.93. The smallest absolute Gasteiger partial charge is 0.234 e. The minimum absolute atomic E-state index is 0.0247. The van der Waals surface area contributed by atoms with Crippen molar-refractivity contribution in [2.45, 2.75) is 25.8 Å². The molecule has 0 fully saturated rings. The fourth-order valence-corrected chi connectivity index (χ4v) is 0.501. The first-order chi connectivity index (χ1) is 4.54. The maximum absolute atomic E-state index is 10.4. The van der Waals surface area contributed by atoms with Gasteiger partial charge in [0.25, 0.3) is 0 Å². The predicted molar refractivity (Wildman–Crippen MR) is 37.1 cm³/mol. The molecular weight excluding hydrogens is 132 g/mol. The maximum Gasteiger partial charge on any atom is 0.234 e. The molecule has 4 N–H and O–H groups in total. The lowest BCUT2D eigenvalue weighted by Crippen LogP contribution is -2.36. The molecule has 4 heteroatoms. The van der Waals surface area contributed by atoms with E-state index in [2.05, 4.69) is 0 Å². The average Bonchev–Trinajstić information content (AvgIpc) is 1.82. The molecule has 0 aliphatic carbocycles. The van der Waals surface area contributed by atoms with Crippen molar-refractivity contribution in [1.82, 2.24) is 0 Å². The average molecular weight is 144 g/mol. The van der Waals surface area contributed by atoms with Crippen LogP contribution in [0.5, 0.6) is 0 Å². The van der Waals surface area contributed by atoms with Gasteiger partial charge in [-0.25, -0.2) is 0 Å². The third-order valence-corrected chi connectivity index (χ3v) is 1.17. The lowest BCUT2D eigenvalue weighted by molar-refractivity contribution is -0.120. The van der Waals surface area contributed by atoms with Crippen LogP contribution < -0.4 is 11.5 Å². The fourth-order valence-electron chi connectivity index (χ4n) is 0.501. The van der Waals surface area contributed by atoms with E-state index in [9.17, 15) is 9.59 Å². The topological polar surface area (TPSA) is 86.2 Å². The van der Waals surface area contributed by atoms with Crippen LogP contribution in [-0.4, -0.2) is 17.7 Å². The van der Waals surface area contributed by atoms with Crippen molar-refractivity contribution in [1.29, 1.82) is 0 Å². The van der Waals surface area contributed by atoms with E-state index in [1.807, 2.05) is 0 Å². The Balaban J connectivity index is 3.49. The van der Waals surface area contributed by atoms with Gasteiger partial charge in [-0.1, -0.05) is 0 Å². The number of amides is 1. The molecule has 10 heavy (non-hydrogen) atoms. The number of Topliss-reactive ketones (excluding diaryl/α,β-unsaturated/α-hetero) is 1. The quantitative estimate of drug-likeness (QED) is 0.539. The Morgan fingerprint density at radius 1 is 1.50 bits per heavy atom. The molecule has 0 aliphatic rings. The van der Waals surface area contributed by atoms with Gasteiger partial charge in [-0.2, -0.15) is 0 Å². The van der Waals surface area contributed by atoms with Gasteiger partial charge in [0, 0.05) is 6.42 Å². The van der Waals surface area contributed by atoms with Crippen LogP contribution in [-0.2, 0) is 9.59 Å². The molecule has 0 saturated heterocycles. The van der Waals surface area contributed by atoms with Crippen molar-refractivity contribution in [2.75, 3.05) is 0 Å². The van der Waals surface area contributed by atoms with Crippen molar-refractivity contribution in [3.63, 3.8) is 0 Å². The van der Waals surface area contributed by atoms with Crippen LogP contribution in [0, 0.1) is 0 Å². The lowest BCUT2D eigenvalue weighted by Gasteiger charge is -2.03. The Kier molecular flexibility index (Phi) is 3.64. The molecule has 0 saturated carbocycles. The molecule has 0 aliphatic heterocycles. The summed E-state index contributed by atoms with van der Waals surface area (Å²) in [6.07, 6.45) is 0.675. The Labute approximate surface area is 59.6 Å². The molecule has 0 aromatic heterocycles. The molecule has 0 aromatic rings. The molecule has 0 rings (SSSR count). The molecule has 0 heterocycles. The summed E-state index contributed by atoms with van der Waals surface area (Å²) in [7, 11) is 0. The Morgan fingerprint density at radius 3 is 2.30 bits per heavy atom. The van der Waals surface area contributed by atoms with Gasteiger partial charge in [0.05, 0.1) is 6.04 Å². The van der Waals surface area contributed by atoms with E-state index >= 15 is 0 Å². The number of hydrogen-bond acceptors (Lipinski definition) is 3. The monoisotopic (exact) mass is 144 g/mol. The molecule has 0 bridgehead atoms. The molecule has 4 nitrogen and oxygen atoms in total. The molecule has 0 radical (unpaired) electrons. The molecular formula is C6H12N2O2. The highest BCUT2D eigenvalue weighted by molar-refractivity contribution is 5.81. The summed E-state index contributed by atoms with van der Waals surface area (Å²) in [6, 6.07) is -0.677. The lowest BCUT2D eigenvalue weighted by atomic mass is 10.1. The second-order valence-electron chi connectivity index (χ2n) is 2.25. The van der Waals surface area contributed by atoms with Crippen molar-refractivity contribution in [3.05, 3.63) is 0 Å². The summed E-state index contributed by atoms with van der Waals surface area (Å²) in [5.41, 5.74) is 10.1. The minimum Gasteiger partial charge on any atom is -0.368 e. The van der Waals surface area contributed by atoms with Gasteiger partial charge >= 0.3 is 0 Å². The van der Waals surface area contributed by atoms with Crippen LogP contribution in [0.3, 0.4) is 0 Å². The van der Waals surface area contributed by atoms with Crippen LogP contribution in [0.4, 0.5) is 0 Å². The molecule has 1 amide bonds. The number of primary amides is 1. The third kappa shape index (κ3) is 4.03. The molecule has 1 unspecified atom stereocenters. The maximum atomic E-state index is 10.4. The standard InChI is InChI=1S/C6H12N2O2/c1-4(9)2-3-5(7)6(8)10/h5H,2-3,7H2,1H3,(H2,8,10). The van der Waals surface area contributed by atoms with Crippen LogP contribution in [0.15, 0.2) is 0 Å². The molecule has 1 atom stereocenters. The van der Waals surface area contributed by atoms with E-state index in [4.69, 9.17) is 11.5 Å². The van der Waals surface area contributed by atoms with Gasteiger partial charge in [0.1, 0.15) is 5.78 Å². The first-order valence-electron chi connectivity index (χ1n) is 3.08.